The Hall–Kier alpha value is -1.04. The fourth-order valence-corrected chi connectivity index (χ4v) is 3.03. The van der Waals surface area contributed by atoms with Crippen molar-refractivity contribution in [3.63, 3.8) is 0 Å². The summed E-state index contributed by atoms with van der Waals surface area (Å²) in [7, 11) is 0. The van der Waals surface area contributed by atoms with Gasteiger partial charge in [-0.15, -0.1) is 0 Å². The Balaban J connectivity index is 2.18. The molecule has 0 heteroatoms. The zero-order chi connectivity index (χ0) is 11.4. The molecule has 0 aromatic heterocycles. The van der Waals surface area contributed by atoms with E-state index in [-0.39, 0.29) is 0 Å². The van der Waals surface area contributed by atoms with E-state index in [2.05, 4.69) is 50.3 Å². The smallest absolute Gasteiger partial charge is 0.00761 e. The normalized spacial score (nSPS) is 28.2. The predicted octanol–water partition coefficient (Wildman–Crippen LogP) is 4.76. The average molecular weight is 214 g/mol. The first-order valence-corrected chi connectivity index (χ1v) is 6.44. The highest BCUT2D eigenvalue weighted by Gasteiger charge is 2.30. The van der Waals surface area contributed by atoms with Gasteiger partial charge in [0, 0.05) is 0 Å². The van der Waals surface area contributed by atoms with Crippen LogP contribution in [-0.2, 0) is 6.42 Å². The van der Waals surface area contributed by atoms with E-state index in [9.17, 15) is 0 Å². The lowest BCUT2D eigenvalue weighted by Gasteiger charge is -2.37. The zero-order valence-corrected chi connectivity index (χ0v) is 10.5. The van der Waals surface area contributed by atoms with Crippen molar-refractivity contribution in [1.82, 2.24) is 0 Å². The molecule has 0 spiro atoms. The predicted molar refractivity (Wildman–Crippen MR) is 70.5 cm³/mol. The maximum Gasteiger partial charge on any atom is -0.00761 e. The molecule has 0 amide bonds. The van der Waals surface area contributed by atoms with Crippen LogP contribution in [0.25, 0.3) is 0 Å². The minimum Gasteiger partial charge on any atom is -0.0879 e. The topological polar surface area (TPSA) is 0 Å². The molecule has 1 aromatic carbocycles. The molecule has 16 heavy (non-hydrogen) atoms. The van der Waals surface area contributed by atoms with Gasteiger partial charge in [-0.3, -0.25) is 0 Å². The first-order valence-electron chi connectivity index (χ1n) is 6.44. The molecule has 1 aromatic rings. The van der Waals surface area contributed by atoms with Crippen molar-refractivity contribution in [2.75, 3.05) is 0 Å². The van der Waals surface area contributed by atoms with Crippen molar-refractivity contribution in [2.24, 2.45) is 5.41 Å². The van der Waals surface area contributed by atoms with Crippen LogP contribution in [0.15, 0.2) is 42.0 Å². The Kier molecular flexibility index (Phi) is 3.48. The van der Waals surface area contributed by atoms with Crippen LogP contribution in [0.5, 0.6) is 0 Å². The quantitative estimate of drug-likeness (QED) is 0.623. The molecular formula is C16H22. The van der Waals surface area contributed by atoms with Crippen molar-refractivity contribution in [3.8, 4) is 0 Å². The molecule has 2 rings (SSSR count). The number of allylic oxidation sites excluding steroid dienone is 2. The maximum absolute atomic E-state index is 2.44. The SMILES string of the molecule is C/C=C1\CCCCC1(C)Cc1ccccc1. The van der Waals surface area contributed by atoms with Crippen molar-refractivity contribution in [1.29, 1.82) is 0 Å². The molecule has 1 aliphatic carbocycles. The Labute approximate surface area is 99.4 Å². The van der Waals surface area contributed by atoms with Gasteiger partial charge in [-0.25, -0.2) is 0 Å². The third-order valence-electron chi connectivity index (χ3n) is 3.99. The standard InChI is InChI=1S/C16H22/c1-3-15-11-7-8-12-16(15,2)13-14-9-5-4-6-10-14/h3-6,9-10H,7-8,11-13H2,1-2H3/b15-3+. The summed E-state index contributed by atoms with van der Waals surface area (Å²) < 4.78 is 0. The van der Waals surface area contributed by atoms with E-state index in [4.69, 9.17) is 0 Å². The first kappa shape index (κ1) is 11.4. The van der Waals surface area contributed by atoms with Crippen LogP contribution in [0.1, 0.15) is 45.1 Å². The van der Waals surface area contributed by atoms with Gasteiger partial charge in [-0.1, -0.05) is 55.3 Å². The Morgan fingerprint density at radius 2 is 1.94 bits per heavy atom. The van der Waals surface area contributed by atoms with Gasteiger partial charge >= 0.3 is 0 Å². The van der Waals surface area contributed by atoms with Gasteiger partial charge in [0.2, 0.25) is 0 Å². The summed E-state index contributed by atoms with van der Waals surface area (Å²) in [4.78, 5) is 0. The molecule has 0 N–H and O–H groups in total. The summed E-state index contributed by atoms with van der Waals surface area (Å²) in [5.41, 5.74) is 3.56. The third-order valence-corrected chi connectivity index (χ3v) is 3.99. The minimum absolute atomic E-state index is 0.411. The minimum atomic E-state index is 0.411. The van der Waals surface area contributed by atoms with Crippen LogP contribution >= 0.6 is 0 Å². The summed E-state index contributed by atoms with van der Waals surface area (Å²) >= 11 is 0. The summed E-state index contributed by atoms with van der Waals surface area (Å²) in [6.07, 6.45) is 8.97. The molecule has 1 unspecified atom stereocenters. The van der Waals surface area contributed by atoms with Crippen LogP contribution in [0.2, 0.25) is 0 Å². The van der Waals surface area contributed by atoms with E-state index in [1.54, 1.807) is 5.57 Å². The number of hydrogen-bond acceptors (Lipinski definition) is 0. The highest BCUT2D eigenvalue weighted by molar-refractivity contribution is 5.23. The second kappa shape index (κ2) is 4.86. The van der Waals surface area contributed by atoms with E-state index in [1.807, 2.05) is 0 Å². The van der Waals surface area contributed by atoms with Crippen LogP contribution in [0.3, 0.4) is 0 Å². The van der Waals surface area contributed by atoms with E-state index >= 15 is 0 Å². The highest BCUT2D eigenvalue weighted by Crippen LogP contribution is 2.42. The van der Waals surface area contributed by atoms with Crippen LogP contribution in [-0.4, -0.2) is 0 Å². The first-order chi connectivity index (χ1) is 7.74. The molecule has 1 aliphatic rings. The molecular weight excluding hydrogens is 192 g/mol. The van der Waals surface area contributed by atoms with Crippen LogP contribution in [0.4, 0.5) is 0 Å². The molecule has 0 bridgehead atoms. The van der Waals surface area contributed by atoms with Crippen molar-refractivity contribution in [3.05, 3.63) is 47.5 Å². The van der Waals surface area contributed by atoms with Gasteiger partial charge in [0.15, 0.2) is 0 Å². The van der Waals surface area contributed by atoms with Gasteiger partial charge in [0.25, 0.3) is 0 Å². The summed E-state index contributed by atoms with van der Waals surface area (Å²) in [6.45, 7) is 4.64. The monoisotopic (exact) mass is 214 g/mol. The Morgan fingerprint density at radius 3 is 2.62 bits per heavy atom. The third kappa shape index (κ3) is 2.37. The fourth-order valence-electron chi connectivity index (χ4n) is 3.03. The molecule has 1 fully saturated rings. The summed E-state index contributed by atoms with van der Waals surface area (Å²) in [6, 6.07) is 10.9. The molecule has 0 nitrogen and oxygen atoms in total. The van der Waals surface area contributed by atoms with E-state index in [1.165, 1.54) is 37.7 Å². The number of rotatable bonds is 2. The highest BCUT2D eigenvalue weighted by atomic mass is 14.3. The number of benzene rings is 1. The van der Waals surface area contributed by atoms with E-state index < -0.39 is 0 Å². The Bertz CT molecular complexity index is 361. The van der Waals surface area contributed by atoms with Crippen molar-refractivity contribution >= 4 is 0 Å². The second-order valence-corrected chi connectivity index (χ2v) is 5.24. The molecule has 1 saturated carbocycles. The summed E-state index contributed by atoms with van der Waals surface area (Å²) in [5.74, 6) is 0. The van der Waals surface area contributed by atoms with Gasteiger partial charge in [0.1, 0.15) is 0 Å². The lowest BCUT2D eigenvalue weighted by Crippen LogP contribution is -2.25. The van der Waals surface area contributed by atoms with Crippen molar-refractivity contribution in [2.45, 2.75) is 46.0 Å². The molecule has 86 valence electrons. The van der Waals surface area contributed by atoms with E-state index in [0.717, 1.165) is 0 Å². The fraction of sp³-hybridized carbons (Fsp3) is 0.500. The van der Waals surface area contributed by atoms with Gasteiger partial charge in [-0.05, 0) is 43.6 Å². The zero-order valence-electron chi connectivity index (χ0n) is 10.5. The molecule has 0 radical (unpaired) electrons. The Morgan fingerprint density at radius 1 is 1.19 bits per heavy atom. The maximum atomic E-state index is 2.44. The number of hydrogen-bond donors (Lipinski definition) is 0. The van der Waals surface area contributed by atoms with Crippen molar-refractivity contribution < 1.29 is 0 Å². The van der Waals surface area contributed by atoms with Crippen LogP contribution < -0.4 is 0 Å². The van der Waals surface area contributed by atoms with Gasteiger partial charge in [0.05, 0.1) is 0 Å². The lowest BCUT2D eigenvalue weighted by molar-refractivity contribution is 0.301. The van der Waals surface area contributed by atoms with E-state index in [0.29, 0.717) is 5.41 Å². The molecule has 0 heterocycles. The molecule has 0 aliphatic heterocycles. The summed E-state index contributed by atoms with van der Waals surface area (Å²) in [5, 5.41) is 0. The molecule has 0 saturated heterocycles. The second-order valence-electron chi connectivity index (χ2n) is 5.24. The lowest BCUT2D eigenvalue weighted by atomic mass is 9.68. The largest absolute Gasteiger partial charge is 0.0879 e. The average Bonchev–Trinajstić information content (AvgIpc) is 2.30. The molecule has 1 atom stereocenters. The van der Waals surface area contributed by atoms with Gasteiger partial charge < -0.3 is 0 Å². The van der Waals surface area contributed by atoms with Crippen LogP contribution in [0, 0.1) is 5.41 Å². The van der Waals surface area contributed by atoms with Gasteiger partial charge in [-0.2, -0.15) is 0 Å².